The van der Waals surface area contributed by atoms with Gasteiger partial charge in [0.2, 0.25) is 5.91 Å². The molecule has 0 bridgehead atoms. The zero-order valence-corrected chi connectivity index (χ0v) is 12.1. The number of hydrogen-bond donors (Lipinski definition) is 1. The van der Waals surface area contributed by atoms with Crippen LogP contribution in [-0.2, 0) is 15.6 Å². The molecule has 6 heteroatoms. The lowest BCUT2D eigenvalue weighted by Gasteiger charge is -2.18. The summed E-state index contributed by atoms with van der Waals surface area (Å²) < 4.78 is 12.1. The standard InChI is InChI=1S/C12H17ClN2O2S/c1-3-15(4-2)11(16)8-18(17)12-9(13)6-5-7-10(12)14/h5-7H,3-4,8,14H2,1-2H3. The topological polar surface area (TPSA) is 63.4 Å². The predicted molar refractivity (Wildman–Crippen MR) is 75.1 cm³/mol. The molecule has 0 spiro atoms. The Kier molecular flexibility index (Phi) is 5.62. The van der Waals surface area contributed by atoms with Crippen molar-refractivity contribution in [2.24, 2.45) is 0 Å². The molecule has 100 valence electrons. The first-order chi connectivity index (χ1) is 8.51. The Morgan fingerprint density at radius 1 is 1.39 bits per heavy atom. The fourth-order valence-corrected chi connectivity index (χ4v) is 3.23. The van der Waals surface area contributed by atoms with Crippen LogP contribution in [0.5, 0.6) is 0 Å². The molecule has 0 aliphatic heterocycles. The van der Waals surface area contributed by atoms with Crippen molar-refractivity contribution in [3.63, 3.8) is 0 Å². The average molecular weight is 289 g/mol. The van der Waals surface area contributed by atoms with E-state index in [4.69, 9.17) is 17.3 Å². The van der Waals surface area contributed by atoms with Crippen LogP contribution in [0.4, 0.5) is 5.69 Å². The molecule has 0 saturated heterocycles. The lowest BCUT2D eigenvalue weighted by molar-refractivity contribution is -0.128. The normalized spacial score (nSPS) is 12.2. The van der Waals surface area contributed by atoms with Gasteiger partial charge in [0.25, 0.3) is 0 Å². The predicted octanol–water partition coefficient (Wildman–Crippen LogP) is 1.90. The second kappa shape index (κ2) is 6.75. The van der Waals surface area contributed by atoms with Gasteiger partial charge >= 0.3 is 0 Å². The van der Waals surface area contributed by atoms with Crippen LogP contribution in [0.1, 0.15) is 13.8 Å². The third-order valence-corrected chi connectivity index (χ3v) is 4.44. The average Bonchev–Trinajstić information content (AvgIpc) is 2.30. The van der Waals surface area contributed by atoms with Gasteiger partial charge in [0.15, 0.2) is 0 Å². The van der Waals surface area contributed by atoms with Gasteiger partial charge in [-0.3, -0.25) is 9.00 Å². The molecule has 0 saturated carbocycles. The van der Waals surface area contributed by atoms with Gasteiger partial charge in [0.1, 0.15) is 5.75 Å². The maximum atomic E-state index is 12.1. The molecule has 1 rings (SSSR count). The monoisotopic (exact) mass is 288 g/mol. The van der Waals surface area contributed by atoms with E-state index in [-0.39, 0.29) is 11.7 Å². The summed E-state index contributed by atoms with van der Waals surface area (Å²) in [6.07, 6.45) is 0. The molecule has 4 nitrogen and oxygen atoms in total. The molecular formula is C12H17ClN2O2S. The Labute approximate surface area is 115 Å². The number of halogens is 1. The number of nitrogen functional groups attached to an aromatic ring is 1. The summed E-state index contributed by atoms with van der Waals surface area (Å²) in [4.78, 5) is 13.8. The number of rotatable bonds is 5. The summed E-state index contributed by atoms with van der Waals surface area (Å²) in [5.41, 5.74) is 6.09. The Balaban J connectivity index is 2.86. The molecular weight excluding hydrogens is 272 g/mol. The highest BCUT2D eigenvalue weighted by atomic mass is 35.5. The van der Waals surface area contributed by atoms with E-state index >= 15 is 0 Å². The van der Waals surface area contributed by atoms with Gasteiger partial charge in [-0.25, -0.2) is 0 Å². The molecule has 1 amide bonds. The molecule has 0 aromatic heterocycles. The summed E-state index contributed by atoms with van der Waals surface area (Å²) in [6.45, 7) is 4.97. The van der Waals surface area contributed by atoms with E-state index in [2.05, 4.69) is 0 Å². The number of benzene rings is 1. The minimum atomic E-state index is -1.51. The summed E-state index contributed by atoms with van der Waals surface area (Å²) in [5, 5.41) is 0.334. The SMILES string of the molecule is CCN(CC)C(=O)CS(=O)c1c(N)cccc1Cl. The molecule has 0 radical (unpaired) electrons. The second-order valence-corrected chi connectivity index (χ2v) is 5.51. The van der Waals surface area contributed by atoms with Gasteiger partial charge in [0.05, 0.1) is 20.7 Å². The third kappa shape index (κ3) is 3.46. The second-order valence-electron chi connectivity index (χ2n) is 3.71. The molecule has 0 aliphatic carbocycles. The molecule has 1 atom stereocenters. The van der Waals surface area contributed by atoms with Crippen LogP contribution < -0.4 is 5.73 Å². The lowest BCUT2D eigenvalue weighted by atomic mass is 10.3. The highest BCUT2D eigenvalue weighted by molar-refractivity contribution is 7.86. The molecule has 0 heterocycles. The molecule has 1 aromatic carbocycles. The smallest absolute Gasteiger partial charge is 0.235 e. The molecule has 18 heavy (non-hydrogen) atoms. The Morgan fingerprint density at radius 3 is 2.50 bits per heavy atom. The van der Waals surface area contributed by atoms with Gasteiger partial charge in [0, 0.05) is 18.8 Å². The number of nitrogens with zero attached hydrogens (tertiary/aromatic N) is 1. The van der Waals surface area contributed by atoms with Gasteiger partial charge < -0.3 is 10.6 Å². The zero-order chi connectivity index (χ0) is 13.7. The van der Waals surface area contributed by atoms with Crippen LogP contribution in [0, 0.1) is 0 Å². The summed E-state index contributed by atoms with van der Waals surface area (Å²) >= 11 is 5.96. The van der Waals surface area contributed by atoms with Crippen LogP contribution >= 0.6 is 11.6 Å². The third-order valence-electron chi connectivity index (χ3n) is 2.60. The number of hydrogen-bond acceptors (Lipinski definition) is 3. The van der Waals surface area contributed by atoms with E-state index in [9.17, 15) is 9.00 Å². The van der Waals surface area contributed by atoms with Crippen molar-refractivity contribution in [1.82, 2.24) is 4.90 Å². The number of carbonyl (C=O) groups excluding carboxylic acids is 1. The Hall–Kier alpha value is -1.07. The van der Waals surface area contributed by atoms with Crippen molar-refractivity contribution in [3.8, 4) is 0 Å². The van der Waals surface area contributed by atoms with Crippen LogP contribution in [0.2, 0.25) is 5.02 Å². The fourth-order valence-electron chi connectivity index (χ4n) is 1.62. The van der Waals surface area contributed by atoms with E-state index in [0.29, 0.717) is 28.7 Å². The van der Waals surface area contributed by atoms with Gasteiger partial charge in [-0.1, -0.05) is 17.7 Å². The van der Waals surface area contributed by atoms with E-state index in [0.717, 1.165) is 0 Å². The van der Waals surface area contributed by atoms with Crippen molar-refractivity contribution in [2.45, 2.75) is 18.7 Å². The maximum absolute atomic E-state index is 12.1. The largest absolute Gasteiger partial charge is 0.398 e. The van der Waals surface area contributed by atoms with Crippen molar-refractivity contribution >= 4 is 34.0 Å². The minimum Gasteiger partial charge on any atom is -0.398 e. The van der Waals surface area contributed by atoms with Gasteiger partial charge in [-0.15, -0.1) is 0 Å². The number of carbonyl (C=O) groups is 1. The minimum absolute atomic E-state index is 0.0877. The highest BCUT2D eigenvalue weighted by Gasteiger charge is 2.18. The highest BCUT2D eigenvalue weighted by Crippen LogP contribution is 2.25. The van der Waals surface area contributed by atoms with Crippen molar-refractivity contribution in [2.75, 3.05) is 24.6 Å². The summed E-state index contributed by atoms with van der Waals surface area (Å²) in [7, 11) is -1.51. The van der Waals surface area contributed by atoms with E-state index in [1.54, 1.807) is 23.1 Å². The first-order valence-corrected chi connectivity index (χ1v) is 7.41. The van der Waals surface area contributed by atoms with Crippen LogP contribution in [0.25, 0.3) is 0 Å². The van der Waals surface area contributed by atoms with Crippen LogP contribution in [-0.4, -0.2) is 33.9 Å². The Morgan fingerprint density at radius 2 is 2.00 bits per heavy atom. The van der Waals surface area contributed by atoms with Crippen molar-refractivity contribution in [3.05, 3.63) is 23.2 Å². The quantitative estimate of drug-likeness (QED) is 0.842. The Bertz CT molecular complexity index is 441. The molecule has 1 unspecified atom stereocenters. The van der Waals surface area contributed by atoms with Crippen LogP contribution in [0.3, 0.4) is 0 Å². The summed E-state index contributed by atoms with van der Waals surface area (Å²) in [5.74, 6) is -0.243. The number of anilines is 1. The maximum Gasteiger partial charge on any atom is 0.235 e. The fraction of sp³-hybridized carbons (Fsp3) is 0.417. The van der Waals surface area contributed by atoms with E-state index < -0.39 is 10.8 Å². The number of nitrogens with two attached hydrogens (primary N) is 1. The van der Waals surface area contributed by atoms with Crippen molar-refractivity contribution < 1.29 is 9.00 Å². The molecule has 1 aromatic rings. The molecule has 2 N–H and O–H groups in total. The van der Waals surface area contributed by atoms with Gasteiger partial charge in [-0.05, 0) is 26.0 Å². The number of amides is 1. The first-order valence-electron chi connectivity index (χ1n) is 5.71. The van der Waals surface area contributed by atoms with E-state index in [1.165, 1.54) is 0 Å². The first kappa shape index (κ1) is 15.0. The zero-order valence-electron chi connectivity index (χ0n) is 10.5. The summed E-state index contributed by atoms with van der Waals surface area (Å²) in [6, 6.07) is 4.93. The molecule has 0 fully saturated rings. The van der Waals surface area contributed by atoms with E-state index in [1.807, 2.05) is 13.8 Å². The van der Waals surface area contributed by atoms with Gasteiger partial charge in [-0.2, -0.15) is 0 Å². The lowest BCUT2D eigenvalue weighted by Crippen LogP contribution is -2.34. The van der Waals surface area contributed by atoms with Crippen molar-refractivity contribution in [1.29, 1.82) is 0 Å². The van der Waals surface area contributed by atoms with Crippen LogP contribution in [0.15, 0.2) is 23.1 Å². The molecule has 0 aliphatic rings.